The topological polar surface area (TPSA) is 44.8 Å². The number of benzene rings is 1. The number of ketones is 1. The Kier molecular flexibility index (Phi) is 7.37. The van der Waals surface area contributed by atoms with Crippen LogP contribution in [0.1, 0.15) is 42.5 Å². The van der Waals surface area contributed by atoms with Gasteiger partial charge in [-0.3, -0.25) is 4.79 Å². The first-order valence-corrected chi connectivity index (χ1v) is 7.12. The molecule has 0 radical (unpaired) electrons. The lowest BCUT2D eigenvalue weighted by atomic mass is 10.0. The van der Waals surface area contributed by atoms with Crippen LogP contribution in [0, 0.1) is 0 Å². The van der Waals surface area contributed by atoms with Crippen LogP contribution in [0.25, 0.3) is 0 Å². The summed E-state index contributed by atoms with van der Waals surface area (Å²) in [6, 6.07) is 3.37. The molecule has 0 aliphatic rings. The van der Waals surface area contributed by atoms with E-state index in [0.29, 0.717) is 29.2 Å². The molecule has 4 nitrogen and oxygen atoms in total. The van der Waals surface area contributed by atoms with E-state index in [1.807, 2.05) is 6.08 Å². The molecular formula is C17H24O4. The summed E-state index contributed by atoms with van der Waals surface area (Å²) < 4.78 is 15.7. The molecule has 0 unspecified atom stereocenters. The number of Topliss-reactive ketones (excluding diaryl/α,β-unsaturated/α-hetero) is 1. The minimum Gasteiger partial charge on any atom is -0.496 e. The molecule has 0 aliphatic heterocycles. The SMILES string of the molecule is C=CCCCCCC(=O)c1cc(OC)c(OC)cc1OC. The Labute approximate surface area is 126 Å². The van der Waals surface area contributed by atoms with Crippen molar-refractivity contribution in [2.45, 2.75) is 32.1 Å². The second-order valence-electron chi connectivity index (χ2n) is 4.72. The smallest absolute Gasteiger partial charge is 0.166 e. The average molecular weight is 292 g/mol. The van der Waals surface area contributed by atoms with Gasteiger partial charge in [0.1, 0.15) is 5.75 Å². The first-order chi connectivity index (χ1) is 10.2. The Morgan fingerprint density at radius 2 is 1.62 bits per heavy atom. The third-order valence-electron chi connectivity index (χ3n) is 3.32. The van der Waals surface area contributed by atoms with Crippen LogP contribution in [0.2, 0.25) is 0 Å². The summed E-state index contributed by atoms with van der Waals surface area (Å²) in [6.07, 6.45) is 6.35. The zero-order chi connectivity index (χ0) is 15.7. The number of ether oxygens (including phenoxy) is 3. The number of allylic oxidation sites excluding steroid dienone is 1. The molecule has 0 heterocycles. The Hall–Kier alpha value is -1.97. The molecule has 1 aromatic rings. The second-order valence-corrected chi connectivity index (χ2v) is 4.72. The van der Waals surface area contributed by atoms with Gasteiger partial charge in [0.2, 0.25) is 0 Å². The van der Waals surface area contributed by atoms with Crippen molar-refractivity contribution >= 4 is 5.78 Å². The van der Waals surface area contributed by atoms with Crippen molar-refractivity contribution in [3.05, 3.63) is 30.4 Å². The van der Waals surface area contributed by atoms with Gasteiger partial charge in [-0.25, -0.2) is 0 Å². The van der Waals surface area contributed by atoms with Crippen LogP contribution in [-0.4, -0.2) is 27.1 Å². The van der Waals surface area contributed by atoms with E-state index in [1.165, 1.54) is 0 Å². The second kappa shape index (κ2) is 9.06. The zero-order valence-corrected chi connectivity index (χ0v) is 13.1. The molecule has 0 saturated heterocycles. The maximum atomic E-state index is 12.3. The molecule has 1 aromatic carbocycles. The van der Waals surface area contributed by atoms with E-state index in [9.17, 15) is 4.79 Å². The van der Waals surface area contributed by atoms with E-state index in [4.69, 9.17) is 14.2 Å². The Morgan fingerprint density at radius 3 is 2.19 bits per heavy atom. The van der Waals surface area contributed by atoms with Gasteiger partial charge in [0.05, 0.1) is 26.9 Å². The molecule has 0 bridgehead atoms. The highest BCUT2D eigenvalue weighted by atomic mass is 16.5. The van der Waals surface area contributed by atoms with Gasteiger partial charge in [0.15, 0.2) is 17.3 Å². The van der Waals surface area contributed by atoms with Gasteiger partial charge < -0.3 is 14.2 Å². The highest BCUT2D eigenvalue weighted by Gasteiger charge is 2.17. The number of unbranched alkanes of at least 4 members (excludes halogenated alkanes) is 3. The van der Waals surface area contributed by atoms with Crippen LogP contribution in [0.5, 0.6) is 17.2 Å². The zero-order valence-electron chi connectivity index (χ0n) is 13.1. The van der Waals surface area contributed by atoms with Crippen molar-refractivity contribution in [3.63, 3.8) is 0 Å². The molecule has 0 saturated carbocycles. The van der Waals surface area contributed by atoms with Gasteiger partial charge in [-0.1, -0.05) is 12.5 Å². The van der Waals surface area contributed by atoms with Crippen molar-refractivity contribution in [3.8, 4) is 17.2 Å². The van der Waals surface area contributed by atoms with Gasteiger partial charge in [0, 0.05) is 12.5 Å². The number of carbonyl (C=O) groups is 1. The molecule has 0 aliphatic carbocycles. The maximum Gasteiger partial charge on any atom is 0.166 e. The molecule has 0 amide bonds. The number of carbonyl (C=O) groups excluding carboxylic acids is 1. The molecule has 0 fully saturated rings. The summed E-state index contributed by atoms with van der Waals surface area (Å²) in [4.78, 5) is 12.3. The lowest BCUT2D eigenvalue weighted by molar-refractivity contribution is 0.0975. The third kappa shape index (κ3) is 4.81. The van der Waals surface area contributed by atoms with E-state index in [2.05, 4.69) is 6.58 Å². The lowest BCUT2D eigenvalue weighted by Gasteiger charge is -2.13. The van der Waals surface area contributed by atoms with Crippen LogP contribution in [0.3, 0.4) is 0 Å². The largest absolute Gasteiger partial charge is 0.496 e. The minimum absolute atomic E-state index is 0.0615. The van der Waals surface area contributed by atoms with Crippen LogP contribution in [-0.2, 0) is 0 Å². The number of hydrogen-bond donors (Lipinski definition) is 0. The summed E-state index contributed by atoms with van der Waals surface area (Å²) >= 11 is 0. The van der Waals surface area contributed by atoms with E-state index >= 15 is 0 Å². The van der Waals surface area contributed by atoms with E-state index in [1.54, 1.807) is 33.5 Å². The van der Waals surface area contributed by atoms with Gasteiger partial charge in [0.25, 0.3) is 0 Å². The third-order valence-corrected chi connectivity index (χ3v) is 3.32. The normalized spacial score (nSPS) is 10.0. The molecule has 0 N–H and O–H groups in total. The first kappa shape index (κ1) is 17.1. The summed E-state index contributed by atoms with van der Waals surface area (Å²) in [5.74, 6) is 1.67. The number of hydrogen-bond acceptors (Lipinski definition) is 4. The Balaban J connectivity index is 2.80. The van der Waals surface area contributed by atoms with E-state index in [-0.39, 0.29) is 5.78 Å². The average Bonchev–Trinajstić information content (AvgIpc) is 2.52. The van der Waals surface area contributed by atoms with Gasteiger partial charge in [-0.2, -0.15) is 0 Å². The molecule has 0 atom stereocenters. The van der Waals surface area contributed by atoms with E-state index < -0.39 is 0 Å². The minimum atomic E-state index is 0.0615. The van der Waals surface area contributed by atoms with Crippen LogP contribution >= 0.6 is 0 Å². The van der Waals surface area contributed by atoms with Crippen molar-refractivity contribution in [1.29, 1.82) is 0 Å². The first-order valence-electron chi connectivity index (χ1n) is 7.12. The number of rotatable bonds is 10. The lowest BCUT2D eigenvalue weighted by Crippen LogP contribution is -2.04. The number of methoxy groups -OCH3 is 3. The molecule has 4 heteroatoms. The molecular weight excluding hydrogens is 268 g/mol. The fourth-order valence-electron chi connectivity index (χ4n) is 2.13. The van der Waals surface area contributed by atoms with Gasteiger partial charge >= 0.3 is 0 Å². The van der Waals surface area contributed by atoms with Gasteiger partial charge in [-0.15, -0.1) is 6.58 Å². The fraction of sp³-hybridized carbons (Fsp3) is 0.471. The quantitative estimate of drug-likeness (QED) is 0.371. The van der Waals surface area contributed by atoms with Crippen LogP contribution < -0.4 is 14.2 Å². The molecule has 1 rings (SSSR count). The summed E-state index contributed by atoms with van der Waals surface area (Å²) in [6.45, 7) is 3.69. The summed E-state index contributed by atoms with van der Waals surface area (Å²) in [5.41, 5.74) is 0.541. The Bertz CT molecular complexity index is 480. The van der Waals surface area contributed by atoms with Crippen molar-refractivity contribution in [2.24, 2.45) is 0 Å². The molecule has 0 aromatic heterocycles. The summed E-state index contributed by atoms with van der Waals surface area (Å²) in [5, 5.41) is 0. The van der Waals surface area contributed by atoms with Crippen molar-refractivity contribution < 1.29 is 19.0 Å². The highest BCUT2D eigenvalue weighted by Crippen LogP contribution is 2.35. The van der Waals surface area contributed by atoms with Crippen LogP contribution in [0.4, 0.5) is 0 Å². The molecule has 0 spiro atoms. The van der Waals surface area contributed by atoms with Crippen molar-refractivity contribution in [2.75, 3.05) is 21.3 Å². The van der Waals surface area contributed by atoms with Crippen molar-refractivity contribution in [1.82, 2.24) is 0 Å². The summed E-state index contributed by atoms with van der Waals surface area (Å²) in [7, 11) is 4.65. The van der Waals surface area contributed by atoms with Crippen LogP contribution in [0.15, 0.2) is 24.8 Å². The predicted octanol–water partition coefficient (Wildman–Crippen LogP) is 4.03. The Morgan fingerprint density at radius 1 is 1.00 bits per heavy atom. The predicted molar refractivity (Wildman–Crippen MR) is 83.7 cm³/mol. The van der Waals surface area contributed by atoms with E-state index in [0.717, 1.165) is 25.7 Å². The molecule has 116 valence electrons. The highest BCUT2D eigenvalue weighted by molar-refractivity contribution is 5.99. The monoisotopic (exact) mass is 292 g/mol. The molecule has 21 heavy (non-hydrogen) atoms. The fourth-order valence-corrected chi connectivity index (χ4v) is 2.13. The van der Waals surface area contributed by atoms with Gasteiger partial charge in [-0.05, 0) is 25.3 Å². The maximum absolute atomic E-state index is 12.3. The standard InChI is InChI=1S/C17H24O4/c1-5-6-7-8-9-10-14(18)13-11-16(20-3)17(21-4)12-15(13)19-2/h5,11-12H,1,6-10H2,2-4H3.